The van der Waals surface area contributed by atoms with Crippen molar-refractivity contribution >= 4 is 29.5 Å². The number of rotatable bonds is 10. The van der Waals surface area contributed by atoms with Gasteiger partial charge in [0.15, 0.2) is 0 Å². The molecule has 1 unspecified atom stereocenters. The molecule has 38 heavy (non-hydrogen) atoms. The summed E-state index contributed by atoms with van der Waals surface area (Å²) in [7, 11) is 1.16. The van der Waals surface area contributed by atoms with Crippen molar-refractivity contribution in [1.29, 1.82) is 0 Å². The lowest BCUT2D eigenvalue weighted by atomic mass is 9.80. The summed E-state index contributed by atoms with van der Waals surface area (Å²) in [4.78, 5) is 38.5. The Morgan fingerprint density at radius 3 is 2.34 bits per heavy atom. The van der Waals surface area contributed by atoms with Crippen LogP contribution in [0, 0.1) is 0 Å². The zero-order chi connectivity index (χ0) is 27.9. The number of Topliss-reactive ketones (excluding diaryl/α,β-unsaturated/α-hetero) is 1. The minimum absolute atomic E-state index is 0.000169. The van der Waals surface area contributed by atoms with E-state index in [2.05, 4.69) is 5.32 Å². The van der Waals surface area contributed by atoms with Gasteiger partial charge in [0.25, 0.3) is 0 Å². The summed E-state index contributed by atoms with van der Waals surface area (Å²) >= 11 is 1.25. The van der Waals surface area contributed by atoms with Crippen LogP contribution in [-0.4, -0.2) is 42.9 Å². The van der Waals surface area contributed by atoms with Gasteiger partial charge < -0.3 is 14.8 Å². The Morgan fingerprint density at radius 1 is 1.00 bits per heavy atom. The number of esters is 2. The quantitative estimate of drug-likeness (QED) is 0.410. The number of methoxy groups -OCH3 is 1. The van der Waals surface area contributed by atoms with Crippen molar-refractivity contribution in [3.05, 3.63) is 93.8 Å². The maximum atomic E-state index is 13.5. The maximum absolute atomic E-state index is 13.5. The van der Waals surface area contributed by atoms with E-state index in [0.717, 1.165) is 24.8 Å². The molecule has 202 valence electrons. The molecule has 1 aliphatic heterocycles. The number of hydrogen-bond donors (Lipinski definition) is 1. The van der Waals surface area contributed by atoms with Gasteiger partial charge in [0.1, 0.15) is 5.78 Å². The number of alkyl halides is 3. The summed E-state index contributed by atoms with van der Waals surface area (Å²) in [5, 5.41) is 3.04. The van der Waals surface area contributed by atoms with Gasteiger partial charge in [-0.05, 0) is 31.0 Å². The topological polar surface area (TPSA) is 81.7 Å². The van der Waals surface area contributed by atoms with E-state index in [1.807, 2.05) is 30.3 Å². The van der Waals surface area contributed by atoms with Crippen LogP contribution in [0.5, 0.6) is 0 Å². The number of ether oxygens (including phenoxy) is 2. The fraction of sp³-hybridized carbons (Fsp3) is 0.321. The molecule has 1 aliphatic rings. The van der Waals surface area contributed by atoms with Crippen molar-refractivity contribution in [3.8, 4) is 0 Å². The standard InChI is InChI=1S/C28H28F3NO5S/c1-4-37-27(35)25-22(16-38-15-21(33)13-18-9-6-5-7-10-18)32-17(2)23(26(34)36-3)24(25)19-11-8-12-20(14-19)28(29,30)31/h5-12,14,24,32H,4,13,15-16H2,1-3H3. The van der Waals surface area contributed by atoms with Gasteiger partial charge in [0.05, 0.1) is 42.1 Å². The summed E-state index contributed by atoms with van der Waals surface area (Å²) in [6.45, 7) is 3.21. The number of carbonyl (C=O) groups is 3. The number of nitrogens with one attached hydrogen (secondary N) is 1. The van der Waals surface area contributed by atoms with Crippen LogP contribution >= 0.6 is 11.8 Å². The molecule has 2 aromatic rings. The third-order valence-corrected chi connectivity index (χ3v) is 6.87. The van der Waals surface area contributed by atoms with Crippen LogP contribution in [-0.2, 0) is 36.5 Å². The van der Waals surface area contributed by atoms with Crippen molar-refractivity contribution in [2.24, 2.45) is 0 Å². The number of dihydropyridines is 1. The normalized spacial score (nSPS) is 15.7. The van der Waals surface area contributed by atoms with Crippen molar-refractivity contribution < 1.29 is 37.0 Å². The van der Waals surface area contributed by atoms with E-state index in [0.29, 0.717) is 11.4 Å². The number of allylic oxidation sites excluding steroid dienone is 1. The Labute approximate surface area is 223 Å². The van der Waals surface area contributed by atoms with E-state index < -0.39 is 29.6 Å². The molecule has 0 fully saturated rings. The number of halogens is 3. The first kappa shape index (κ1) is 29.0. The van der Waals surface area contributed by atoms with Gasteiger partial charge in [-0.2, -0.15) is 13.2 Å². The van der Waals surface area contributed by atoms with Gasteiger partial charge in [-0.15, -0.1) is 11.8 Å². The Hall–Kier alpha value is -3.53. The van der Waals surface area contributed by atoms with Crippen LogP contribution in [0.25, 0.3) is 0 Å². The highest BCUT2D eigenvalue weighted by atomic mass is 32.2. The molecule has 0 saturated heterocycles. The van der Waals surface area contributed by atoms with Gasteiger partial charge >= 0.3 is 18.1 Å². The fourth-order valence-electron chi connectivity index (χ4n) is 4.21. The molecule has 1 atom stereocenters. The van der Waals surface area contributed by atoms with Crippen LogP contribution in [0.3, 0.4) is 0 Å². The molecule has 1 heterocycles. The summed E-state index contributed by atoms with van der Waals surface area (Å²) in [6.07, 6.45) is -4.37. The number of carbonyl (C=O) groups excluding carboxylic acids is 3. The zero-order valence-electron chi connectivity index (χ0n) is 21.2. The molecular weight excluding hydrogens is 519 g/mol. The largest absolute Gasteiger partial charge is 0.466 e. The Balaban J connectivity index is 1.99. The second-order valence-corrected chi connectivity index (χ2v) is 9.50. The van der Waals surface area contributed by atoms with E-state index in [1.54, 1.807) is 13.8 Å². The monoisotopic (exact) mass is 547 g/mol. The first-order chi connectivity index (χ1) is 18.1. The second-order valence-electron chi connectivity index (χ2n) is 8.52. The van der Waals surface area contributed by atoms with Gasteiger partial charge in [0, 0.05) is 23.6 Å². The first-order valence-corrected chi connectivity index (χ1v) is 13.0. The van der Waals surface area contributed by atoms with Gasteiger partial charge in [-0.3, -0.25) is 4.79 Å². The number of ketones is 1. The molecule has 0 aliphatic carbocycles. The van der Waals surface area contributed by atoms with Crippen molar-refractivity contribution in [1.82, 2.24) is 5.32 Å². The van der Waals surface area contributed by atoms with Crippen molar-refractivity contribution in [2.45, 2.75) is 32.4 Å². The van der Waals surface area contributed by atoms with Crippen LogP contribution in [0.1, 0.15) is 36.5 Å². The van der Waals surface area contributed by atoms with Gasteiger partial charge in [0.2, 0.25) is 0 Å². The molecule has 3 rings (SSSR count). The summed E-state index contributed by atoms with van der Waals surface area (Å²) in [5.74, 6) is -2.44. The van der Waals surface area contributed by atoms with Crippen molar-refractivity contribution in [3.63, 3.8) is 0 Å². The number of benzene rings is 2. The molecule has 0 radical (unpaired) electrons. The Kier molecular flexibility index (Phi) is 9.79. The van der Waals surface area contributed by atoms with Crippen LogP contribution in [0.4, 0.5) is 13.2 Å². The summed E-state index contributed by atoms with van der Waals surface area (Å²) in [6, 6.07) is 13.8. The van der Waals surface area contributed by atoms with E-state index in [-0.39, 0.29) is 47.0 Å². The fourth-order valence-corrected chi connectivity index (χ4v) is 5.07. The van der Waals surface area contributed by atoms with E-state index in [9.17, 15) is 27.6 Å². The summed E-state index contributed by atoms with van der Waals surface area (Å²) in [5.41, 5.74) is 0.746. The zero-order valence-corrected chi connectivity index (χ0v) is 22.0. The highest BCUT2D eigenvalue weighted by Crippen LogP contribution is 2.41. The molecule has 1 N–H and O–H groups in total. The molecule has 6 nitrogen and oxygen atoms in total. The molecule has 0 amide bonds. The first-order valence-electron chi connectivity index (χ1n) is 11.8. The van der Waals surface area contributed by atoms with E-state index in [4.69, 9.17) is 9.47 Å². The molecule has 0 aromatic heterocycles. The smallest absolute Gasteiger partial charge is 0.416 e. The average Bonchev–Trinajstić information content (AvgIpc) is 2.88. The van der Waals surface area contributed by atoms with E-state index in [1.165, 1.54) is 23.9 Å². The molecule has 10 heteroatoms. The lowest BCUT2D eigenvalue weighted by molar-refractivity contribution is -0.139. The molecule has 2 aromatic carbocycles. The highest BCUT2D eigenvalue weighted by Gasteiger charge is 2.40. The molecule has 0 bridgehead atoms. The second kappa shape index (κ2) is 12.8. The number of thioether (sulfide) groups is 1. The summed E-state index contributed by atoms with van der Waals surface area (Å²) < 4.78 is 50.8. The Morgan fingerprint density at radius 2 is 1.71 bits per heavy atom. The predicted octanol–water partition coefficient (Wildman–Crippen LogP) is 5.20. The molecule has 0 spiro atoms. The van der Waals surface area contributed by atoms with Crippen LogP contribution < -0.4 is 5.32 Å². The van der Waals surface area contributed by atoms with Crippen molar-refractivity contribution in [2.75, 3.05) is 25.2 Å². The van der Waals surface area contributed by atoms with E-state index >= 15 is 0 Å². The minimum Gasteiger partial charge on any atom is -0.466 e. The Bertz CT molecular complexity index is 1250. The lowest BCUT2D eigenvalue weighted by Crippen LogP contribution is -2.34. The van der Waals surface area contributed by atoms with Gasteiger partial charge in [-0.1, -0.05) is 48.5 Å². The van der Waals surface area contributed by atoms with Gasteiger partial charge in [-0.25, -0.2) is 9.59 Å². The maximum Gasteiger partial charge on any atom is 0.416 e. The average molecular weight is 548 g/mol. The highest BCUT2D eigenvalue weighted by molar-refractivity contribution is 8.00. The molecule has 0 saturated carbocycles. The third-order valence-electron chi connectivity index (χ3n) is 5.85. The predicted molar refractivity (Wildman–Crippen MR) is 138 cm³/mol. The molecular formula is C28H28F3NO5S. The van der Waals surface area contributed by atoms with Crippen LogP contribution in [0.15, 0.2) is 77.1 Å². The lowest BCUT2D eigenvalue weighted by Gasteiger charge is -2.31. The minimum atomic E-state index is -4.63. The SMILES string of the molecule is CCOC(=O)C1=C(CSCC(=O)Cc2ccccc2)NC(C)=C(C(=O)OC)C1c1cccc(C(F)(F)F)c1. The third kappa shape index (κ3) is 7.06. The van der Waals surface area contributed by atoms with Crippen LogP contribution in [0.2, 0.25) is 0 Å². The number of hydrogen-bond acceptors (Lipinski definition) is 7.